The number of aliphatic carboxylic acids is 2. The van der Waals surface area contributed by atoms with Crippen LogP contribution in [0, 0.1) is 5.92 Å². The van der Waals surface area contributed by atoms with E-state index in [0.29, 0.717) is 0 Å². The van der Waals surface area contributed by atoms with E-state index >= 15 is 0 Å². The Labute approximate surface area is 161 Å². The molecule has 0 saturated carbocycles. The topological polar surface area (TPSA) is 77.4 Å². The van der Waals surface area contributed by atoms with Crippen molar-refractivity contribution in [3.05, 3.63) is 91.0 Å². The minimum absolute atomic E-state index is 0.0146. The van der Waals surface area contributed by atoms with Crippen LogP contribution in [0.4, 0.5) is 0 Å². The highest BCUT2D eigenvalue weighted by molar-refractivity contribution is 7.97. The van der Waals surface area contributed by atoms with Crippen molar-refractivity contribution >= 4 is 22.8 Å². The van der Waals surface area contributed by atoms with E-state index in [1.807, 2.05) is 0 Å². The molecule has 3 rings (SSSR count). The van der Waals surface area contributed by atoms with Crippen LogP contribution >= 0.6 is 0 Å². The molecule has 0 spiro atoms. The summed E-state index contributed by atoms with van der Waals surface area (Å²) in [5.74, 6) is -4.34. The van der Waals surface area contributed by atoms with Gasteiger partial charge in [0.25, 0.3) is 0 Å². The number of carboxylic acid groups (broad SMARTS) is 2. The van der Waals surface area contributed by atoms with Crippen LogP contribution in [0.3, 0.4) is 0 Å². The van der Waals surface area contributed by atoms with E-state index in [0.717, 1.165) is 6.92 Å². The van der Waals surface area contributed by atoms with E-state index in [1.165, 1.54) is 14.7 Å². The molecule has 27 heavy (non-hydrogen) atoms. The van der Waals surface area contributed by atoms with Gasteiger partial charge in [-0.15, -0.1) is 0 Å². The van der Waals surface area contributed by atoms with E-state index in [2.05, 4.69) is 91.0 Å². The molecule has 0 fully saturated rings. The zero-order chi connectivity index (χ0) is 19.6. The van der Waals surface area contributed by atoms with Gasteiger partial charge in [-0.2, -0.15) is 0 Å². The summed E-state index contributed by atoms with van der Waals surface area (Å²) in [7, 11) is -0.0146. The predicted molar refractivity (Wildman–Crippen MR) is 103 cm³/mol. The number of hydrogen-bond acceptors (Lipinski definition) is 3. The average molecular weight is 380 g/mol. The number of benzene rings is 3. The van der Waals surface area contributed by atoms with Crippen LogP contribution in [0.1, 0.15) is 6.92 Å². The van der Waals surface area contributed by atoms with Gasteiger partial charge in [-0.25, -0.2) is 0 Å². The second-order valence-corrected chi connectivity index (χ2v) is 7.65. The Balaban J connectivity index is 0.000000279. The highest BCUT2D eigenvalue weighted by Crippen LogP contribution is 2.30. The van der Waals surface area contributed by atoms with Gasteiger partial charge in [0.15, 0.2) is 14.7 Å². The minimum atomic E-state index is -1.56. The molecule has 4 nitrogen and oxygen atoms in total. The van der Waals surface area contributed by atoms with Gasteiger partial charge in [0.05, 0.1) is 22.8 Å². The Kier molecular flexibility index (Phi) is 7.64. The molecule has 0 amide bonds. The maximum atomic E-state index is 9.72. The van der Waals surface area contributed by atoms with Crippen LogP contribution in [0.15, 0.2) is 106 Å². The first-order chi connectivity index (χ1) is 13.0. The highest BCUT2D eigenvalue weighted by Gasteiger charge is 2.27. The van der Waals surface area contributed by atoms with Gasteiger partial charge in [-0.05, 0) is 43.3 Å². The van der Waals surface area contributed by atoms with Crippen LogP contribution in [0.5, 0.6) is 0 Å². The third kappa shape index (κ3) is 6.01. The summed E-state index contributed by atoms with van der Waals surface area (Å²) < 4.78 is 0. The van der Waals surface area contributed by atoms with Crippen LogP contribution in [0.25, 0.3) is 0 Å². The summed E-state index contributed by atoms with van der Waals surface area (Å²) in [6.07, 6.45) is 0. The van der Waals surface area contributed by atoms with Crippen molar-refractivity contribution in [3.8, 4) is 0 Å². The van der Waals surface area contributed by atoms with Gasteiger partial charge in [0, 0.05) is 0 Å². The Morgan fingerprint density at radius 1 is 0.741 bits per heavy atom. The first-order valence-electron chi connectivity index (χ1n) is 8.34. The first kappa shape index (κ1) is 20.3. The number of carboxylic acids is 2. The van der Waals surface area contributed by atoms with Gasteiger partial charge in [-0.1, -0.05) is 54.6 Å². The van der Waals surface area contributed by atoms with Crippen molar-refractivity contribution in [2.24, 2.45) is 5.92 Å². The normalized spacial score (nSPS) is 11.2. The molecule has 0 saturated heterocycles. The number of carbonyl (C=O) groups excluding carboxylic acids is 1. The smallest absolute Gasteiger partial charge is 0.311 e. The third-order valence-corrected chi connectivity index (χ3v) is 5.89. The zero-order valence-electron chi connectivity index (χ0n) is 14.8. The van der Waals surface area contributed by atoms with Crippen LogP contribution < -0.4 is 5.11 Å². The van der Waals surface area contributed by atoms with Crippen molar-refractivity contribution in [1.29, 1.82) is 0 Å². The van der Waals surface area contributed by atoms with E-state index < -0.39 is 17.9 Å². The fraction of sp³-hybridized carbons (Fsp3) is 0.0909. The molecule has 3 aromatic rings. The van der Waals surface area contributed by atoms with Gasteiger partial charge >= 0.3 is 5.97 Å². The monoisotopic (exact) mass is 380 g/mol. The summed E-state index contributed by atoms with van der Waals surface area (Å²) in [6.45, 7) is 1.05. The summed E-state index contributed by atoms with van der Waals surface area (Å²) in [5, 5.41) is 17.6. The summed E-state index contributed by atoms with van der Waals surface area (Å²) in [6, 6.07) is 32.2. The molecular formula is C22H20O4S. The standard InChI is InChI=1S/C18H15S.C4H6O4/c1-4-10-16(11-5-1)19(17-12-6-2-7-13-17)18-14-8-3-9-15-18;1-2(3(5)6)4(7)8/h1-15H;2H,1H3,(H,5,6)(H,7,8)/q+1;/p-1. The van der Waals surface area contributed by atoms with E-state index in [9.17, 15) is 14.7 Å². The molecule has 0 aromatic heterocycles. The molecule has 1 unspecified atom stereocenters. The molecule has 1 N–H and O–H groups in total. The van der Waals surface area contributed by atoms with Crippen molar-refractivity contribution < 1.29 is 19.8 Å². The molecule has 0 aliphatic carbocycles. The van der Waals surface area contributed by atoms with Gasteiger partial charge in [0.1, 0.15) is 0 Å². The fourth-order valence-corrected chi connectivity index (χ4v) is 4.28. The van der Waals surface area contributed by atoms with Gasteiger partial charge in [0.2, 0.25) is 0 Å². The van der Waals surface area contributed by atoms with Gasteiger partial charge < -0.3 is 15.0 Å². The predicted octanol–water partition coefficient (Wildman–Crippen LogP) is 3.24. The second-order valence-electron chi connectivity index (χ2n) is 5.62. The quantitative estimate of drug-likeness (QED) is 0.544. The molecule has 1 atom stereocenters. The van der Waals surface area contributed by atoms with E-state index in [-0.39, 0.29) is 10.9 Å². The average Bonchev–Trinajstić information content (AvgIpc) is 2.70. The van der Waals surface area contributed by atoms with Crippen LogP contribution in [0.2, 0.25) is 0 Å². The molecule has 0 aliphatic rings. The second kappa shape index (κ2) is 10.2. The molecule has 0 radical (unpaired) electrons. The molecule has 3 aromatic carbocycles. The highest BCUT2D eigenvalue weighted by atomic mass is 32.2. The minimum Gasteiger partial charge on any atom is -0.549 e. The van der Waals surface area contributed by atoms with Crippen molar-refractivity contribution in [2.75, 3.05) is 0 Å². The zero-order valence-corrected chi connectivity index (χ0v) is 15.6. The largest absolute Gasteiger partial charge is 0.549 e. The number of hydrogen-bond donors (Lipinski definition) is 1. The van der Waals surface area contributed by atoms with E-state index in [4.69, 9.17) is 5.11 Å². The lowest BCUT2D eigenvalue weighted by atomic mass is 10.2. The first-order valence-corrected chi connectivity index (χ1v) is 9.56. The van der Waals surface area contributed by atoms with Crippen LogP contribution in [-0.4, -0.2) is 17.0 Å². The summed E-state index contributed by atoms with van der Waals surface area (Å²) in [4.78, 5) is 23.5. The maximum Gasteiger partial charge on any atom is 0.311 e. The Hall–Kier alpha value is -3.05. The molecule has 0 aliphatic heterocycles. The Bertz CT molecular complexity index is 743. The lowest BCUT2D eigenvalue weighted by Gasteiger charge is -2.07. The van der Waals surface area contributed by atoms with Crippen molar-refractivity contribution in [3.63, 3.8) is 0 Å². The maximum absolute atomic E-state index is 9.72. The lowest BCUT2D eigenvalue weighted by molar-refractivity contribution is -0.309. The number of rotatable bonds is 5. The Morgan fingerprint density at radius 3 is 1.22 bits per heavy atom. The summed E-state index contributed by atoms with van der Waals surface area (Å²) >= 11 is 0. The molecule has 5 heteroatoms. The SMILES string of the molecule is CC(C(=O)[O-])C(=O)O.c1ccc([S+](c2ccccc2)c2ccccc2)cc1. The van der Waals surface area contributed by atoms with Gasteiger partial charge in [-0.3, -0.25) is 4.79 Å². The molecule has 0 heterocycles. The summed E-state index contributed by atoms with van der Waals surface area (Å²) in [5.41, 5.74) is 0. The molecular weight excluding hydrogens is 360 g/mol. The lowest BCUT2D eigenvalue weighted by Crippen LogP contribution is -2.34. The number of carbonyl (C=O) groups is 2. The van der Waals surface area contributed by atoms with Crippen molar-refractivity contribution in [1.82, 2.24) is 0 Å². The van der Waals surface area contributed by atoms with E-state index in [1.54, 1.807) is 0 Å². The molecule has 138 valence electrons. The van der Waals surface area contributed by atoms with Crippen LogP contribution in [-0.2, 0) is 20.5 Å². The Morgan fingerprint density at radius 2 is 1.04 bits per heavy atom. The third-order valence-electron chi connectivity index (χ3n) is 3.66. The van der Waals surface area contributed by atoms with Crippen molar-refractivity contribution in [2.45, 2.75) is 21.6 Å². The fourth-order valence-electron chi connectivity index (χ4n) is 2.18. The molecule has 0 bridgehead atoms.